The Hall–Kier alpha value is -0.580. The average molecular weight is 357 g/mol. The highest BCUT2D eigenvalue weighted by atomic mass is 127. The van der Waals surface area contributed by atoms with Gasteiger partial charge in [0.1, 0.15) is 0 Å². The monoisotopic (exact) mass is 357 g/mol. The van der Waals surface area contributed by atoms with Crippen molar-refractivity contribution >= 4 is 28.5 Å². The molecule has 1 aliphatic carbocycles. The Morgan fingerprint density at radius 2 is 1.89 bits per heavy atom. The van der Waals surface area contributed by atoms with Crippen LogP contribution in [0, 0.1) is 15.4 Å². The molecule has 1 aromatic rings. The van der Waals surface area contributed by atoms with E-state index in [9.17, 15) is 4.79 Å². The fourth-order valence-electron chi connectivity index (χ4n) is 2.64. The molecule has 2 nitrogen and oxygen atoms in total. The molecule has 0 radical (unpaired) electrons. The van der Waals surface area contributed by atoms with Crippen LogP contribution < -0.4 is 5.32 Å². The molecule has 0 saturated heterocycles. The maximum atomic E-state index is 12.2. The molecular formula is C15H20INO. The van der Waals surface area contributed by atoms with Crippen LogP contribution in [0.5, 0.6) is 0 Å². The van der Waals surface area contributed by atoms with Crippen molar-refractivity contribution < 1.29 is 4.79 Å². The number of carbonyl (C=O) groups excluding carboxylic acids is 1. The highest BCUT2D eigenvalue weighted by molar-refractivity contribution is 14.1. The molecule has 0 unspecified atom stereocenters. The lowest BCUT2D eigenvalue weighted by atomic mass is 9.78. The van der Waals surface area contributed by atoms with Gasteiger partial charge >= 0.3 is 0 Å². The Morgan fingerprint density at radius 3 is 2.56 bits per heavy atom. The summed E-state index contributed by atoms with van der Waals surface area (Å²) in [4.78, 5) is 12.2. The smallest absolute Gasteiger partial charge is 0.251 e. The third-order valence-corrected chi connectivity index (χ3v) is 4.85. The number of carbonyl (C=O) groups is 1. The second kappa shape index (κ2) is 6.04. The number of halogens is 1. The van der Waals surface area contributed by atoms with E-state index in [-0.39, 0.29) is 5.91 Å². The minimum Gasteiger partial charge on any atom is -0.349 e. The Kier molecular flexibility index (Phi) is 4.65. The molecule has 1 saturated carbocycles. The molecule has 0 aliphatic heterocycles. The summed E-state index contributed by atoms with van der Waals surface area (Å²) < 4.78 is 1.16. The molecule has 1 amide bonds. The van der Waals surface area contributed by atoms with Gasteiger partial charge in [-0.3, -0.25) is 4.79 Å². The molecule has 2 rings (SSSR count). The first-order valence-corrected chi connectivity index (χ1v) is 7.72. The van der Waals surface area contributed by atoms with E-state index in [1.165, 1.54) is 12.8 Å². The first-order chi connectivity index (χ1) is 8.58. The summed E-state index contributed by atoms with van der Waals surface area (Å²) in [5, 5.41) is 3.19. The molecule has 1 N–H and O–H groups in total. The van der Waals surface area contributed by atoms with Crippen molar-refractivity contribution in [2.24, 2.45) is 11.8 Å². The first kappa shape index (κ1) is 13.8. The van der Waals surface area contributed by atoms with Crippen molar-refractivity contribution in [1.82, 2.24) is 5.32 Å². The zero-order valence-electron chi connectivity index (χ0n) is 10.9. The first-order valence-electron chi connectivity index (χ1n) is 6.64. The highest BCUT2D eigenvalue weighted by Gasteiger charge is 2.28. The molecule has 1 fully saturated rings. The molecule has 18 heavy (non-hydrogen) atoms. The molecule has 0 spiro atoms. The fourth-order valence-corrected chi connectivity index (χ4v) is 3.00. The lowest BCUT2D eigenvalue weighted by molar-refractivity contribution is 0.0891. The summed E-state index contributed by atoms with van der Waals surface area (Å²) >= 11 is 2.25. The van der Waals surface area contributed by atoms with Gasteiger partial charge in [0, 0.05) is 15.2 Å². The number of amides is 1. The van der Waals surface area contributed by atoms with Crippen molar-refractivity contribution in [3.8, 4) is 0 Å². The molecule has 3 heteroatoms. The number of benzene rings is 1. The van der Waals surface area contributed by atoms with E-state index in [0.29, 0.717) is 17.9 Å². The van der Waals surface area contributed by atoms with Crippen LogP contribution in [0.1, 0.15) is 43.5 Å². The zero-order chi connectivity index (χ0) is 13.1. The van der Waals surface area contributed by atoms with Crippen molar-refractivity contribution in [1.29, 1.82) is 0 Å². The van der Waals surface area contributed by atoms with Crippen molar-refractivity contribution in [3.63, 3.8) is 0 Å². The van der Waals surface area contributed by atoms with Crippen LogP contribution in [0.25, 0.3) is 0 Å². The van der Waals surface area contributed by atoms with Crippen LogP contribution in [-0.2, 0) is 0 Å². The number of rotatable bonds is 2. The van der Waals surface area contributed by atoms with Gasteiger partial charge in [0.15, 0.2) is 0 Å². The summed E-state index contributed by atoms with van der Waals surface area (Å²) in [7, 11) is 0. The molecule has 0 aromatic heterocycles. The van der Waals surface area contributed by atoms with Crippen molar-refractivity contribution in [2.45, 2.75) is 39.2 Å². The maximum absolute atomic E-state index is 12.2. The standard InChI is InChI=1S/C15H20INO/c1-10-4-3-5-14(11(10)2)17-15(18)12-6-8-13(16)9-7-12/h6-11,14H,3-5H2,1-2H3,(H,17,18)/t10-,11+,14-/m0/s1. The lowest BCUT2D eigenvalue weighted by Gasteiger charge is -2.34. The minimum absolute atomic E-state index is 0.0670. The van der Waals surface area contributed by atoms with Gasteiger partial charge in [-0.15, -0.1) is 0 Å². The van der Waals surface area contributed by atoms with Gasteiger partial charge in [-0.1, -0.05) is 26.7 Å². The number of hydrogen-bond acceptors (Lipinski definition) is 1. The van der Waals surface area contributed by atoms with E-state index in [4.69, 9.17) is 0 Å². The van der Waals surface area contributed by atoms with Crippen molar-refractivity contribution in [3.05, 3.63) is 33.4 Å². The maximum Gasteiger partial charge on any atom is 0.251 e. The van der Waals surface area contributed by atoms with E-state index >= 15 is 0 Å². The van der Waals surface area contributed by atoms with Gasteiger partial charge in [-0.2, -0.15) is 0 Å². The molecule has 0 heterocycles. The Morgan fingerprint density at radius 1 is 1.22 bits per heavy atom. The predicted molar refractivity (Wildman–Crippen MR) is 82.6 cm³/mol. The summed E-state index contributed by atoms with van der Waals surface area (Å²) in [5.74, 6) is 1.35. The molecule has 0 bridgehead atoms. The zero-order valence-corrected chi connectivity index (χ0v) is 13.1. The largest absolute Gasteiger partial charge is 0.349 e. The third-order valence-electron chi connectivity index (χ3n) is 4.13. The second-order valence-corrected chi connectivity index (χ2v) is 6.60. The normalized spacial score (nSPS) is 27.8. The van der Waals surface area contributed by atoms with Crippen LogP contribution in [-0.4, -0.2) is 11.9 Å². The highest BCUT2D eigenvalue weighted by Crippen LogP contribution is 2.29. The van der Waals surface area contributed by atoms with Crippen LogP contribution in [0.15, 0.2) is 24.3 Å². The van der Waals surface area contributed by atoms with Crippen LogP contribution in [0.2, 0.25) is 0 Å². The fraction of sp³-hybridized carbons (Fsp3) is 0.533. The van der Waals surface area contributed by atoms with Gasteiger partial charge < -0.3 is 5.32 Å². The quantitative estimate of drug-likeness (QED) is 0.801. The van der Waals surface area contributed by atoms with E-state index in [1.54, 1.807) is 0 Å². The van der Waals surface area contributed by atoms with Gasteiger partial charge in [0.2, 0.25) is 0 Å². The molecule has 3 atom stereocenters. The van der Waals surface area contributed by atoms with Gasteiger partial charge in [0.05, 0.1) is 0 Å². The lowest BCUT2D eigenvalue weighted by Crippen LogP contribution is -2.43. The molecular weight excluding hydrogens is 337 g/mol. The summed E-state index contributed by atoms with van der Waals surface area (Å²) in [6.07, 6.45) is 3.63. The summed E-state index contributed by atoms with van der Waals surface area (Å²) in [6, 6.07) is 8.08. The van der Waals surface area contributed by atoms with E-state index in [0.717, 1.165) is 15.6 Å². The SMILES string of the molecule is C[C@H]1[C@@H](NC(=O)c2ccc(I)cc2)CCC[C@@H]1C. The predicted octanol–water partition coefficient (Wildman–Crippen LogP) is 3.85. The van der Waals surface area contributed by atoms with Gasteiger partial charge in [-0.25, -0.2) is 0 Å². The minimum atomic E-state index is 0.0670. The molecule has 1 aliphatic rings. The third kappa shape index (κ3) is 3.25. The van der Waals surface area contributed by atoms with Crippen LogP contribution in [0.4, 0.5) is 0 Å². The topological polar surface area (TPSA) is 29.1 Å². The van der Waals surface area contributed by atoms with E-state index in [2.05, 4.69) is 41.8 Å². The van der Waals surface area contributed by atoms with Gasteiger partial charge in [-0.05, 0) is 65.1 Å². The molecule has 98 valence electrons. The Bertz CT molecular complexity index is 415. The van der Waals surface area contributed by atoms with Crippen LogP contribution in [0.3, 0.4) is 0 Å². The van der Waals surface area contributed by atoms with E-state index < -0.39 is 0 Å². The van der Waals surface area contributed by atoms with Crippen LogP contribution >= 0.6 is 22.6 Å². The molecule has 1 aromatic carbocycles. The Balaban J connectivity index is 2.00. The van der Waals surface area contributed by atoms with Gasteiger partial charge in [0.25, 0.3) is 5.91 Å². The average Bonchev–Trinajstić information content (AvgIpc) is 2.36. The van der Waals surface area contributed by atoms with E-state index in [1.807, 2.05) is 24.3 Å². The van der Waals surface area contributed by atoms with Crippen molar-refractivity contribution in [2.75, 3.05) is 0 Å². The summed E-state index contributed by atoms with van der Waals surface area (Å²) in [5.41, 5.74) is 0.765. The second-order valence-electron chi connectivity index (χ2n) is 5.35. The Labute approximate surface area is 123 Å². The number of hydrogen-bond donors (Lipinski definition) is 1. The number of nitrogens with one attached hydrogen (secondary N) is 1. The summed E-state index contributed by atoms with van der Waals surface area (Å²) in [6.45, 7) is 4.54.